The molecule has 15 heavy (non-hydrogen) atoms. The predicted octanol–water partition coefficient (Wildman–Crippen LogP) is -0.240. The first kappa shape index (κ1) is 10.9. The van der Waals surface area contributed by atoms with E-state index in [1.165, 1.54) is 26.1 Å². The molecular weight excluding hydrogens is 190 g/mol. The summed E-state index contributed by atoms with van der Waals surface area (Å²) in [6, 6.07) is 0. The Morgan fingerprint density at radius 2 is 1.93 bits per heavy atom. The van der Waals surface area contributed by atoms with Crippen molar-refractivity contribution in [2.24, 2.45) is 5.92 Å². The number of nitrogens with one attached hydrogen (secondary N) is 1. The molecule has 0 radical (unpaired) electrons. The highest BCUT2D eigenvalue weighted by molar-refractivity contribution is 5.73. The second-order valence-corrected chi connectivity index (χ2v) is 4.66. The molecule has 0 spiro atoms. The highest BCUT2D eigenvalue weighted by atomic mass is 16.2. The van der Waals surface area contributed by atoms with Crippen LogP contribution in [0.5, 0.6) is 0 Å². The van der Waals surface area contributed by atoms with Gasteiger partial charge in [0.25, 0.3) is 0 Å². The van der Waals surface area contributed by atoms with Gasteiger partial charge in [0.05, 0.1) is 0 Å². The lowest BCUT2D eigenvalue weighted by atomic mass is 9.99. The maximum atomic E-state index is 11.1. The Morgan fingerprint density at radius 1 is 1.27 bits per heavy atom. The number of piperazine rings is 1. The summed E-state index contributed by atoms with van der Waals surface area (Å²) in [4.78, 5) is 15.6. The fourth-order valence-electron chi connectivity index (χ4n) is 2.20. The van der Waals surface area contributed by atoms with Crippen molar-refractivity contribution in [3.8, 4) is 0 Å². The average molecular weight is 211 g/mol. The van der Waals surface area contributed by atoms with Gasteiger partial charge in [0, 0.05) is 33.1 Å². The Morgan fingerprint density at radius 3 is 2.40 bits per heavy atom. The van der Waals surface area contributed by atoms with Gasteiger partial charge in [-0.2, -0.15) is 0 Å². The van der Waals surface area contributed by atoms with E-state index >= 15 is 0 Å². The minimum atomic E-state index is 0.220. The van der Waals surface area contributed by atoms with Gasteiger partial charge in [-0.15, -0.1) is 0 Å². The third-order valence-corrected chi connectivity index (χ3v) is 3.54. The molecule has 0 aliphatic carbocycles. The van der Waals surface area contributed by atoms with Crippen molar-refractivity contribution in [1.82, 2.24) is 15.1 Å². The fourth-order valence-corrected chi connectivity index (χ4v) is 2.20. The number of hydrogen-bond acceptors (Lipinski definition) is 3. The van der Waals surface area contributed by atoms with Crippen LogP contribution >= 0.6 is 0 Å². The second kappa shape index (κ2) is 4.94. The molecule has 0 bridgehead atoms. The number of carbonyl (C=O) groups is 1. The number of rotatable bonds is 3. The largest absolute Gasteiger partial charge is 0.340 e. The molecule has 2 saturated heterocycles. The van der Waals surface area contributed by atoms with E-state index in [2.05, 4.69) is 10.2 Å². The molecule has 2 fully saturated rings. The third kappa shape index (κ3) is 2.92. The molecule has 2 aliphatic rings. The maximum absolute atomic E-state index is 11.1. The third-order valence-electron chi connectivity index (χ3n) is 3.54. The van der Waals surface area contributed by atoms with E-state index in [4.69, 9.17) is 0 Å². The highest BCUT2D eigenvalue weighted by Crippen LogP contribution is 2.10. The lowest BCUT2D eigenvalue weighted by molar-refractivity contribution is -0.130. The van der Waals surface area contributed by atoms with Gasteiger partial charge < -0.3 is 10.2 Å². The zero-order chi connectivity index (χ0) is 10.7. The Balaban J connectivity index is 1.62. The Kier molecular flexibility index (Phi) is 3.59. The van der Waals surface area contributed by atoms with Gasteiger partial charge >= 0.3 is 0 Å². The number of carbonyl (C=O) groups excluding carboxylic acids is 1. The van der Waals surface area contributed by atoms with E-state index in [1.54, 1.807) is 6.92 Å². The summed E-state index contributed by atoms with van der Waals surface area (Å²) >= 11 is 0. The van der Waals surface area contributed by atoms with Gasteiger partial charge in [0.1, 0.15) is 0 Å². The van der Waals surface area contributed by atoms with Crippen molar-refractivity contribution in [2.45, 2.75) is 13.3 Å². The van der Waals surface area contributed by atoms with Crippen LogP contribution in [-0.2, 0) is 4.79 Å². The van der Waals surface area contributed by atoms with Crippen molar-refractivity contribution in [3.63, 3.8) is 0 Å². The van der Waals surface area contributed by atoms with Gasteiger partial charge in [-0.25, -0.2) is 0 Å². The summed E-state index contributed by atoms with van der Waals surface area (Å²) in [5.74, 6) is 1.12. The summed E-state index contributed by atoms with van der Waals surface area (Å²) in [5.41, 5.74) is 0. The molecule has 4 heteroatoms. The van der Waals surface area contributed by atoms with Gasteiger partial charge in [-0.05, 0) is 32.0 Å². The molecule has 2 heterocycles. The number of hydrogen-bond donors (Lipinski definition) is 1. The quantitative estimate of drug-likeness (QED) is 0.700. The van der Waals surface area contributed by atoms with Gasteiger partial charge in [-0.1, -0.05) is 0 Å². The van der Waals surface area contributed by atoms with Crippen molar-refractivity contribution < 1.29 is 4.79 Å². The maximum Gasteiger partial charge on any atom is 0.219 e. The highest BCUT2D eigenvalue weighted by Gasteiger charge is 2.21. The zero-order valence-corrected chi connectivity index (χ0v) is 9.54. The van der Waals surface area contributed by atoms with Crippen LogP contribution in [0, 0.1) is 5.92 Å². The SMILES string of the molecule is CC(=O)N1CCN(CCC2CNC2)CC1. The van der Waals surface area contributed by atoms with E-state index in [1.807, 2.05) is 4.90 Å². The van der Waals surface area contributed by atoms with E-state index in [0.717, 1.165) is 32.1 Å². The molecule has 0 unspecified atom stereocenters. The molecule has 1 N–H and O–H groups in total. The molecular formula is C11H21N3O. The molecule has 0 saturated carbocycles. The summed E-state index contributed by atoms with van der Waals surface area (Å²) in [7, 11) is 0. The van der Waals surface area contributed by atoms with Crippen LogP contribution in [0.2, 0.25) is 0 Å². The summed E-state index contributed by atoms with van der Waals surface area (Å²) in [5, 5.41) is 3.30. The Labute approximate surface area is 91.6 Å². The Hall–Kier alpha value is -0.610. The van der Waals surface area contributed by atoms with Crippen LogP contribution in [0.15, 0.2) is 0 Å². The summed E-state index contributed by atoms with van der Waals surface area (Å²) in [6.07, 6.45) is 1.31. The minimum absolute atomic E-state index is 0.220. The molecule has 0 atom stereocenters. The first-order chi connectivity index (χ1) is 7.25. The van der Waals surface area contributed by atoms with Crippen molar-refractivity contribution in [2.75, 3.05) is 45.8 Å². The lowest BCUT2D eigenvalue weighted by Gasteiger charge is -2.36. The molecule has 0 aromatic rings. The molecule has 4 nitrogen and oxygen atoms in total. The lowest BCUT2D eigenvalue weighted by Crippen LogP contribution is -2.49. The van der Waals surface area contributed by atoms with Crippen LogP contribution < -0.4 is 5.32 Å². The van der Waals surface area contributed by atoms with Crippen molar-refractivity contribution in [1.29, 1.82) is 0 Å². The summed E-state index contributed by atoms with van der Waals surface area (Å²) in [6.45, 7) is 9.21. The van der Waals surface area contributed by atoms with Gasteiger partial charge in [0.15, 0.2) is 0 Å². The van der Waals surface area contributed by atoms with E-state index in [0.29, 0.717) is 0 Å². The van der Waals surface area contributed by atoms with Crippen LogP contribution in [0.4, 0.5) is 0 Å². The van der Waals surface area contributed by atoms with Crippen LogP contribution in [0.3, 0.4) is 0 Å². The molecule has 0 aromatic heterocycles. The predicted molar refractivity (Wildman–Crippen MR) is 59.7 cm³/mol. The molecule has 2 aliphatic heterocycles. The van der Waals surface area contributed by atoms with Crippen molar-refractivity contribution in [3.05, 3.63) is 0 Å². The fraction of sp³-hybridized carbons (Fsp3) is 0.909. The molecule has 1 amide bonds. The van der Waals surface area contributed by atoms with Crippen LogP contribution in [0.25, 0.3) is 0 Å². The smallest absolute Gasteiger partial charge is 0.219 e. The standard InChI is InChI=1S/C11H21N3O/c1-10(15)14-6-4-13(5-7-14)3-2-11-8-12-9-11/h11-12H,2-9H2,1H3. The second-order valence-electron chi connectivity index (χ2n) is 4.66. The van der Waals surface area contributed by atoms with E-state index in [-0.39, 0.29) is 5.91 Å². The first-order valence-corrected chi connectivity index (χ1v) is 5.94. The molecule has 86 valence electrons. The summed E-state index contributed by atoms with van der Waals surface area (Å²) < 4.78 is 0. The first-order valence-electron chi connectivity index (χ1n) is 5.94. The Bertz CT molecular complexity index is 220. The monoisotopic (exact) mass is 211 g/mol. The van der Waals surface area contributed by atoms with E-state index < -0.39 is 0 Å². The molecule has 0 aromatic carbocycles. The topological polar surface area (TPSA) is 35.6 Å². The average Bonchev–Trinajstić information content (AvgIpc) is 2.16. The normalized spacial score (nSPS) is 23.9. The number of nitrogens with zero attached hydrogens (tertiary/aromatic N) is 2. The van der Waals surface area contributed by atoms with Gasteiger partial charge in [-0.3, -0.25) is 9.69 Å². The number of amides is 1. The minimum Gasteiger partial charge on any atom is -0.340 e. The molecule has 2 rings (SSSR count). The van der Waals surface area contributed by atoms with Crippen LogP contribution in [-0.4, -0.2) is 61.5 Å². The van der Waals surface area contributed by atoms with Gasteiger partial charge in [0.2, 0.25) is 5.91 Å². The van der Waals surface area contributed by atoms with E-state index in [9.17, 15) is 4.79 Å². The van der Waals surface area contributed by atoms with Crippen LogP contribution in [0.1, 0.15) is 13.3 Å². The zero-order valence-electron chi connectivity index (χ0n) is 9.54. The van der Waals surface area contributed by atoms with Crippen molar-refractivity contribution >= 4 is 5.91 Å².